The molecule has 0 spiro atoms. The van der Waals surface area contributed by atoms with Gasteiger partial charge in [-0.1, -0.05) is 0 Å². The quantitative estimate of drug-likeness (QED) is 0.645. The molecule has 0 aliphatic heterocycles. The second-order valence-electron chi connectivity index (χ2n) is 5.02. The van der Waals surface area contributed by atoms with Gasteiger partial charge in [-0.25, -0.2) is 0 Å². The first kappa shape index (κ1) is 17.4. The normalized spacial score (nSPS) is 12.5. The van der Waals surface area contributed by atoms with Gasteiger partial charge < -0.3 is 20.5 Å². The molecule has 0 radical (unpaired) electrons. The number of nitrogens with two attached hydrogens (primary N) is 1. The van der Waals surface area contributed by atoms with E-state index in [0.717, 1.165) is 0 Å². The van der Waals surface area contributed by atoms with Crippen molar-refractivity contribution in [3.8, 4) is 0 Å². The molecule has 0 unspecified atom stereocenters. The van der Waals surface area contributed by atoms with E-state index < -0.39 is 23.6 Å². The molecule has 0 heterocycles. The number of carbonyl (C=O) groups excluding carboxylic acids is 3. The fourth-order valence-corrected chi connectivity index (χ4v) is 1.16. The average molecular weight is 274 g/mol. The van der Waals surface area contributed by atoms with Crippen LogP contribution in [0, 0.1) is 0 Å². The molecular weight excluding hydrogens is 252 g/mol. The van der Waals surface area contributed by atoms with E-state index in [4.69, 9.17) is 10.5 Å². The molecule has 7 nitrogen and oxygen atoms in total. The molecule has 1 amide bonds. The third kappa shape index (κ3) is 9.01. The van der Waals surface area contributed by atoms with Crippen molar-refractivity contribution in [2.75, 3.05) is 13.7 Å². The molecule has 0 saturated heterocycles. The van der Waals surface area contributed by atoms with Gasteiger partial charge in [-0.15, -0.1) is 0 Å². The maximum Gasteiger partial charge on any atom is 0.324 e. The van der Waals surface area contributed by atoms with Crippen molar-refractivity contribution in [3.63, 3.8) is 0 Å². The van der Waals surface area contributed by atoms with Crippen LogP contribution in [0.3, 0.4) is 0 Å². The summed E-state index contributed by atoms with van der Waals surface area (Å²) in [7, 11) is 1.21. The molecule has 0 aromatic rings. The topological polar surface area (TPSA) is 108 Å². The number of ether oxygens (including phenoxy) is 2. The highest BCUT2D eigenvalue weighted by Crippen LogP contribution is 2.08. The van der Waals surface area contributed by atoms with Crippen molar-refractivity contribution < 1.29 is 23.9 Å². The van der Waals surface area contributed by atoms with Crippen molar-refractivity contribution in [1.82, 2.24) is 5.32 Å². The molecule has 0 saturated carbocycles. The largest absolute Gasteiger partial charge is 0.468 e. The van der Waals surface area contributed by atoms with Gasteiger partial charge in [0.2, 0.25) is 5.91 Å². The molecule has 0 aliphatic carbocycles. The van der Waals surface area contributed by atoms with Gasteiger partial charge in [-0.2, -0.15) is 0 Å². The third-order valence-electron chi connectivity index (χ3n) is 2.00. The summed E-state index contributed by atoms with van der Waals surface area (Å²) in [6, 6.07) is -0.907. The summed E-state index contributed by atoms with van der Waals surface area (Å²) in [6.45, 7) is 5.22. The van der Waals surface area contributed by atoms with E-state index in [1.54, 1.807) is 20.8 Å². The smallest absolute Gasteiger partial charge is 0.324 e. The van der Waals surface area contributed by atoms with E-state index >= 15 is 0 Å². The first-order valence-electron chi connectivity index (χ1n) is 5.97. The monoisotopic (exact) mass is 274 g/mol. The van der Waals surface area contributed by atoms with Gasteiger partial charge in [0.1, 0.15) is 11.6 Å². The molecule has 0 aliphatic rings. The molecule has 3 N–H and O–H groups in total. The maximum absolute atomic E-state index is 11.4. The van der Waals surface area contributed by atoms with Crippen LogP contribution in [0.1, 0.15) is 33.6 Å². The molecule has 0 fully saturated rings. The van der Waals surface area contributed by atoms with Crippen LogP contribution in [0.25, 0.3) is 0 Å². The lowest BCUT2D eigenvalue weighted by atomic mass is 10.2. The zero-order chi connectivity index (χ0) is 15.1. The van der Waals surface area contributed by atoms with Gasteiger partial charge in [0, 0.05) is 13.0 Å². The number of amides is 1. The van der Waals surface area contributed by atoms with Crippen LogP contribution in [0.4, 0.5) is 0 Å². The van der Waals surface area contributed by atoms with Crippen molar-refractivity contribution in [3.05, 3.63) is 0 Å². The molecule has 0 aromatic heterocycles. The standard InChI is InChI=1S/C12H22N2O5/c1-12(2,3)19-10(16)6-5-9(15)14-7-8(13)11(17)18-4/h8H,5-7,13H2,1-4H3,(H,14,15)/t8-/m0/s1. The van der Waals surface area contributed by atoms with Gasteiger partial charge in [0.05, 0.1) is 13.5 Å². The Morgan fingerprint density at radius 1 is 1.21 bits per heavy atom. The second-order valence-corrected chi connectivity index (χ2v) is 5.02. The predicted octanol–water partition coefficient (Wildman–Crippen LogP) is -0.275. The van der Waals surface area contributed by atoms with Gasteiger partial charge in [0.15, 0.2) is 0 Å². The molecule has 0 aromatic carbocycles. The van der Waals surface area contributed by atoms with E-state index in [1.165, 1.54) is 7.11 Å². The molecule has 7 heteroatoms. The Morgan fingerprint density at radius 3 is 2.26 bits per heavy atom. The van der Waals surface area contributed by atoms with Crippen LogP contribution >= 0.6 is 0 Å². The zero-order valence-electron chi connectivity index (χ0n) is 11.8. The second kappa shape index (κ2) is 7.73. The summed E-state index contributed by atoms with van der Waals surface area (Å²) in [6.07, 6.45) is -0.0284. The van der Waals surface area contributed by atoms with Crippen LogP contribution in [0.15, 0.2) is 0 Å². The Labute approximate surface area is 112 Å². The van der Waals surface area contributed by atoms with E-state index in [-0.39, 0.29) is 25.3 Å². The lowest BCUT2D eigenvalue weighted by Crippen LogP contribution is -2.43. The van der Waals surface area contributed by atoms with E-state index in [2.05, 4.69) is 10.1 Å². The highest BCUT2D eigenvalue weighted by atomic mass is 16.6. The number of rotatable bonds is 6. The molecule has 0 bridgehead atoms. The Balaban J connectivity index is 3.88. The lowest BCUT2D eigenvalue weighted by molar-refractivity contribution is -0.155. The summed E-state index contributed by atoms with van der Waals surface area (Å²) in [5.74, 6) is -1.42. The van der Waals surface area contributed by atoms with Gasteiger partial charge >= 0.3 is 11.9 Å². The van der Waals surface area contributed by atoms with Gasteiger partial charge in [-0.3, -0.25) is 14.4 Å². The Bertz CT molecular complexity index is 336. The first-order valence-corrected chi connectivity index (χ1v) is 5.97. The Hall–Kier alpha value is -1.63. The zero-order valence-corrected chi connectivity index (χ0v) is 11.8. The average Bonchev–Trinajstić information content (AvgIpc) is 2.30. The summed E-state index contributed by atoms with van der Waals surface area (Å²) >= 11 is 0. The molecule has 1 atom stereocenters. The van der Waals surface area contributed by atoms with Crippen molar-refractivity contribution >= 4 is 17.8 Å². The molecule has 110 valence electrons. The number of esters is 2. The van der Waals surface area contributed by atoms with Crippen molar-refractivity contribution in [2.24, 2.45) is 5.73 Å². The number of hydrogen-bond acceptors (Lipinski definition) is 6. The minimum Gasteiger partial charge on any atom is -0.468 e. The van der Waals surface area contributed by atoms with Crippen LogP contribution in [0.5, 0.6) is 0 Å². The van der Waals surface area contributed by atoms with Gasteiger partial charge in [-0.05, 0) is 20.8 Å². The van der Waals surface area contributed by atoms with E-state index in [9.17, 15) is 14.4 Å². The summed E-state index contributed by atoms with van der Waals surface area (Å²) in [5.41, 5.74) is 4.87. The Morgan fingerprint density at radius 2 is 1.79 bits per heavy atom. The molecular formula is C12H22N2O5. The summed E-state index contributed by atoms with van der Waals surface area (Å²) in [4.78, 5) is 33.7. The molecule has 19 heavy (non-hydrogen) atoms. The summed E-state index contributed by atoms with van der Waals surface area (Å²) in [5, 5.41) is 2.44. The van der Waals surface area contributed by atoms with E-state index in [0.29, 0.717) is 0 Å². The first-order chi connectivity index (χ1) is 8.65. The minimum absolute atomic E-state index is 0.0111. The molecule has 0 rings (SSSR count). The number of hydrogen-bond donors (Lipinski definition) is 2. The Kier molecular flexibility index (Phi) is 7.06. The number of nitrogens with one attached hydrogen (secondary N) is 1. The van der Waals surface area contributed by atoms with Crippen LogP contribution in [-0.2, 0) is 23.9 Å². The SMILES string of the molecule is COC(=O)[C@@H](N)CNC(=O)CCC(=O)OC(C)(C)C. The van der Waals surface area contributed by atoms with Crippen molar-refractivity contribution in [2.45, 2.75) is 45.3 Å². The van der Waals surface area contributed by atoms with Gasteiger partial charge in [0.25, 0.3) is 0 Å². The van der Waals surface area contributed by atoms with Crippen LogP contribution < -0.4 is 11.1 Å². The minimum atomic E-state index is -0.907. The lowest BCUT2D eigenvalue weighted by Gasteiger charge is -2.19. The highest BCUT2D eigenvalue weighted by molar-refractivity contribution is 5.82. The number of methoxy groups -OCH3 is 1. The summed E-state index contributed by atoms with van der Waals surface area (Å²) < 4.78 is 9.46. The van der Waals surface area contributed by atoms with Crippen LogP contribution in [0.2, 0.25) is 0 Å². The fraction of sp³-hybridized carbons (Fsp3) is 0.750. The van der Waals surface area contributed by atoms with Crippen molar-refractivity contribution in [1.29, 1.82) is 0 Å². The maximum atomic E-state index is 11.4. The fourth-order valence-electron chi connectivity index (χ4n) is 1.16. The number of carbonyl (C=O) groups is 3. The van der Waals surface area contributed by atoms with E-state index in [1.807, 2.05) is 0 Å². The van der Waals surface area contributed by atoms with Crippen LogP contribution in [-0.4, -0.2) is 43.1 Å². The highest BCUT2D eigenvalue weighted by Gasteiger charge is 2.18. The third-order valence-corrected chi connectivity index (χ3v) is 2.00. The predicted molar refractivity (Wildman–Crippen MR) is 68.1 cm³/mol.